The number of hydrogen-bond acceptors (Lipinski definition) is 1. The maximum atomic E-state index is 5.58. The fraction of sp³-hybridized carbons (Fsp3) is 0.417. The van der Waals surface area contributed by atoms with Crippen LogP contribution in [-0.2, 0) is 0 Å². The maximum Gasteiger partial charge on any atom is 0.127 e. The van der Waals surface area contributed by atoms with Crippen molar-refractivity contribution < 1.29 is 4.74 Å². The fourth-order valence-electron chi connectivity index (χ4n) is 2.54. The van der Waals surface area contributed by atoms with E-state index in [9.17, 15) is 0 Å². The molecule has 2 rings (SSSR count). The standard InChI is InChI=1S/C12H10O.C12H24/c1-3-7-11(8-4-1)13-12-9-5-2-6-10-12;1-3-5-7-9-11-12-10-8-6-4-2/h1-10H;3H,1,4-12H2,2H3. The molecule has 0 unspecified atom stereocenters. The molecule has 0 fully saturated rings. The van der Waals surface area contributed by atoms with Gasteiger partial charge in [0, 0.05) is 0 Å². The Morgan fingerprint density at radius 3 is 1.56 bits per heavy atom. The van der Waals surface area contributed by atoms with E-state index in [2.05, 4.69) is 13.5 Å². The van der Waals surface area contributed by atoms with E-state index in [-0.39, 0.29) is 0 Å². The third-order valence-corrected chi connectivity index (χ3v) is 3.98. The highest BCUT2D eigenvalue weighted by molar-refractivity contribution is 5.30. The van der Waals surface area contributed by atoms with Gasteiger partial charge in [-0.15, -0.1) is 6.58 Å². The third-order valence-electron chi connectivity index (χ3n) is 3.98. The molecule has 2 aromatic carbocycles. The zero-order valence-electron chi connectivity index (χ0n) is 15.8. The quantitative estimate of drug-likeness (QED) is 0.296. The van der Waals surface area contributed by atoms with E-state index in [0.717, 1.165) is 11.5 Å². The van der Waals surface area contributed by atoms with Crippen molar-refractivity contribution in [1.29, 1.82) is 0 Å². The average Bonchev–Trinajstić information content (AvgIpc) is 2.66. The SMILES string of the molecule is C=CCCCCCCCCCC.c1ccc(Oc2ccccc2)cc1. The minimum Gasteiger partial charge on any atom is -0.457 e. The van der Waals surface area contributed by atoms with Crippen molar-refractivity contribution in [3.63, 3.8) is 0 Å². The highest BCUT2D eigenvalue weighted by Gasteiger charge is 1.92. The van der Waals surface area contributed by atoms with Gasteiger partial charge < -0.3 is 4.74 Å². The first-order valence-corrected chi connectivity index (χ1v) is 9.75. The average molecular weight is 339 g/mol. The smallest absolute Gasteiger partial charge is 0.127 e. The van der Waals surface area contributed by atoms with E-state index >= 15 is 0 Å². The first kappa shape index (κ1) is 21.0. The fourth-order valence-corrected chi connectivity index (χ4v) is 2.54. The predicted molar refractivity (Wildman–Crippen MR) is 110 cm³/mol. The Labute approximate surface area is 154 Å². The Kier molecular flexibility index (Phi) is 13.0. The van der Waals surface area contributed by atoms with Gasteiger partial charge in [0.05, 0.1) is 0 Å². The first-order valence-electron chi connectivity index (χ1n) is 9.75. The summed E-state index contributed by atoms with van der Waals surface area (Å²) in [5.41, 5.74) is 0. The molecule has 0 bridgehead atoms. The van der Waals surface area contributed by atoms with Gasteiger partial charge in [-0.2, -0.15) is 0 Å². The minimum absolute atomic E-state index is 0.869. The van der Waals surface area contributed by atoms with E-state index in [1.807, 2.05) is 66.7 Å². The molecule has 0 N–H and O–H groups in total. The van der Waals surface area contributed by atoms with Gasteiger partial charge in [-0.05, 0) is 37.1 Å². The second kappa shape index (κ2) is 15.5. The minimum atomic E-state index is 0.869. The van der Waals surface area contributed by atoms with Crippen LogP contribution in [0.25, 0.3) is 0 Å². The van der Waals surface area contributed by atoms with Crippen molar-refractivity contribution in [1.82, 2.24) is 0 Å². The predicted octanol–water partition coefficient (Wildman–Crippen LogP) is 8.18. The van der Waals surface area contributed by atoms with E-state index in [0.29, 0.717) is 0 Å². The van der Waals surface area contributed by atoms with Crippen molar-refractivity contribution >= 4 is 0 Å². The molecule has 1 heteroatoms. The van der Waals surface area contributed by atoms with Gasteiger partial charge in [-0.25, -0.2) is 0 Å². The lowest BCUT2D eigenvalue weighted by Gasteiger charge is -2.03. The van der Waals surface area contributed by atoms with Crippen molar-refractivity contribution in [3.05, 3.63) is 73.3 Å². The summed E-state index contributed by atoms with van der Waals surface area (Å²) in [6.45, 7) is 5.99. The summed E-state index contributed by atoms with van der Waals surface area (Å²) in [5.74, 6) is 1.74. The monoisotopic (exact) mass is 338 g/mol. The second-order valence-corrected chi connectivity index (χ2v) is 6.28. The summed E-state index contributed by atoms with van der Waals surface area (Å²) in [5, 5.41) is 0. The molecule has 0 saturated heterocycles. The Balaban J connectivity index is 0.000000252. The molecule has 0 aliphatic heterocycles. The number of hydrogen-bond donors (Lipinski definition) is 0. The van der Waals surface area contributed by atoms with Gasteiger partial charge in [0.15, 0.2) is 0 Å². The summed E-state index contributed by atoms with van der Waals surface area (Å²) >= 11 is 0. The number of para-hydroxylation sites is 2. The molecule has 136 valence electrons. The summed E-state index contributed by atoms with van der Waals surface area (Å²) in [6.07, 6.45) is 14.5. The molecular weight excluding hydrogens is 304 g/mol. The number of benzene rings is 2. The molecule has 0 spiro atoms. The van der Waals surface area contributed by atoms with Crippen molar-refractivity contribution in [3.8, 4) is 11.5 Å². The molecule has 0 amide bonds. The van der Waals surface area contributed by atoms with Gasteiger partial charge >= 0.3 is 0 Å². The maximum absolute atomic E-state index is 5.58. The molecule has 0 radical (unpaired) electrons. The van der Waals surface area contributed by atoms with Crippen LogP contribution in [-0.4, -0.2) is 0 Å². The topological polar surface area (TPSA) is 9.23 Å². The summed E-state index contributed by atoms with van der Waals surface area (Å²) in [6, 6.07) is 19.5. The molecule has 1 nitrogen and oxygen atoms in total. The number of unbranched alkanes of at least 4 members (excludes halogenated alkanes) is 8. The summed E-state index contributed by atoms with van der Waals surface area (Å²) in [7, 11) is 0. The zero-order valence-corrected chi connectivity index (χ0v) is 15.8. The molecule has 2 aromatic rings. The van der Waals surface area contributed by atoms with Gasteiger partial charge in [0.1, 0.15) is 11.5 Å². The van der Waals surface area contributed by atoms with Crippen LogP contribution in [0.3, 0.4) is 0 Å². The number of ether oxygens (including phenoxy) is 1. The Morgan fingerprint density at radius 1 is 0.680 bits per heavy atom. The lowest BCUT2D eigenvalue weighted by Crippen LogP contribution is -1.81. The normalized spacial score (nSPS) is 9.80. The van der Waals surface area contributed by atoms with Gasteiger partial charge in [0.2, 0.25) is 0 Å². The first-order chi connectivity index (χ1) is 12.4. The molecule has 0 heterocycles. The second-order valence-electron chi connectivity index (χ2n) is 6.28. The third kappa shape index (κ3) is 12.1. The number of rotatable bonds is 11. The Hall–Kier alpha value is -2.02. The van der Waals surface area contributed by atoms with E-state index in [4.69, 9.17) is 4.74 Å². The molecule has 25 heavy (non-hydrogen) atoms. The lowest BCUT2D eigenvalue weighted by atomic mass is 10.1. The molecule has 0 saturated carbocycles. The van der Waals surface area contributed by atoms with Crippen LogP contribution in [0.1, 0.15) is 64.7 Å². The van der Waals surface area contributed by atoms with Crippen molar-refractivity contribution in [2.24, 2.45) is 0 Å². The van der Waals surface area contributed by atoms with Crippen LogP contribution < -0.4 is 4.74 Å². The highest BCUT2D eigenvalue weighted by Crippen LogP contribution is 2.19. The molecule has 0 aliphatic carbocycles. The Morgan fingerprint density at radius 2 is 1.12 bits per heavy atom. The highest BCUT2D eigenvalue weighted by atomic mass is 16.5. The molecule has 0 aromatic heterocycles. The Bertz CT molecular complexity index is 481. The van der Waals surface area contributed by atoms with E-state index in [1.54, 1.807) is 0 Å². The van der Waals surface area contributed by atoms with Crippen LogP contribution in [0, 0.1) is 0 Å². The van der Waals surface area contributed by atoms with Crippen molar-refractivity contribution in [2.75, 3.05) is 0 Å². The van der Waals surface area contributed by atoms with Crippen LogP contribution in [0.5, 0.6) is 11.5 Å². The molecule has 0 atom stereocenters. The summed E-state index contributed by atoms with van der Waals surface area (Å²) in [4.78, 5) is 0. The lowest BCUT2D eigenvalue weighted by molar-refractivity contribution is 0.482. The van der Waals surface area contributed by atoms with Gasteiger partial charge in [-0.1, -0.05) is 94.3 Å². The van der Waals surface area contributed by atoms with Crippen LogP contribution in [0.15, 0.2) is 73.3 Å². The molecule has 0 aliphatic rings. The van der Waals surface area contributed by atoms with E-state index < -0.39 is 0 Å². The van der Waals surface area contributed by atoms with Crippen LogP contribution in [0.4, 0.5) is 0 Å². The molecular formula is C24H34O. The largest absolute Gasteiger partial charge is 0.457 e. The van der Waals surface area contributed by atoms with Crippen LogP contribution >= 0.6 is 0 Å². The van der Waals surface area contributed by atoms with Crippen molar-refractivity contribution in [2.45, 2.75) is 64.7 Å². The number of allylic oxidation sites excluding steroid dienone is 1. The summed E-state index contributed by atoms with van der Waals surface area (Å²) < 4.78 is 5.58. The van der Waals surface area contributed by atoms with E-state index in [1.165, 1.54) is 57.8 Å². The van der Waals surface area contributed by atoms with Gasteiger partial charge in [0.25, 0.3) is 0 Å². The zero-order chi connectivity index (χ0) is 18.0. The van der Waals surface area contributed by atoms with Gasteiger partial charge in [-0.3, -0.25) is 0 Å². The van der Waals surface area contributed by atoms with Crippen LogP contribution in [0.2, 0.25) is 0 Å².